The number of rotatable bonds is 8. The molecule has 2 unspecified atom stereocenters. The van der Waals surface area contributed by atoms with Gasteiger partial charge in [-0.05, 0) is 36.6 Å². The molecular weight excluding hydrogens is 406 g/mol. The fourth-order valence-electron chi connectivity index (χ4n) is 2.53. The lowest BCUT2D eigenvalue weighted by molar-refractivity contribution is -0.199. The van der Waals surface area contributed by atoms with Crippen molar-refractivity contribution in [3.63, 3.8) is 0 Å². The van der Waals surface area contributed by atoms with E-state index in [9.17, 15) is 18.3 Å². The van der Waals surface area contributed by atoms with E-state index in [1.807, 2.05) is 0 Å². The lowest BCUT2D eigenvalue weighted by Crippen LogP contribution is -2.43. The van der Waals surface area contributed by atoms with E-state index in [1.165, 1.54) is 41.6 Å². The van der Waals surface area contributed by atoms with Gasteiger partial charge >= 0.3 is 6.11 Å². The van der Waals surface area contributed by atoms with E-state index in [-0.39, 0.29) is 12.3 Å². The van der Waals surface area contributed by atoms with Gasteiger partial charge in [0.05, 0.1) is 11.4 Å². The van der Waals surface area contributed by atoms with Crippen LogP contribution >= 0.6 is 23.2 Å². The molecule has 146 valence electrons. The van der Waals surface area contributed by atoms with Crippen molar-refractivity contribution in [2.45, 2.75) is 41.6 Å². The molecular formula is C17H16Cl2F3N3O2. The summed E-state index contributed by atoms with van der Waals surface area (Å²) in [5, 5.41) is 15.0. The smallest absolute Gasteiger partial charge is 0.429 e. The molecule has 0 radical (unpaired) electrons. The summed E-state index contributed by atoms with van der Waals surface area (Å²) < 4.78 is 44.6. The summed E-state index contributed by atoms with van der Waals surface area (Å²) in [7, 11) is 0. The first-order chi connectivity index (χ1) is 12.6. The Bertz CT molecular complexity index is 796. The van der Waals surface area contributed by atoms with E-state index < -0.39 is 22.2 Å². The molecule has 3 rings (SSSR count). The highest BCUT2D eigenvalue weighted by atomic mass is 35.5. The molecule has 1 aliphatic carbocycles. The quantitative estimate of drug-likeness (QED) is 0.654. The zero-order valence-corrected chi connectivity index (χ0v) is 15.4. The maximum absolute atomic E-state index is 13.2. The molecule has 1 saturated carbocycles. The Balaban J connectivity index is 1.73. The Morgan fingerprint density at radius 3 is 2.52 bits per heavy atom. The van der Waals surface area contributed by atoms with Crippen LogP contribution in [0.25, 0.3) is 6.08 Å². The van der Waals surface area contributed by atoms with Crippen LogP contribution in [0.2, 0.25) is 0 Å². The fraction of sp³-hybridized carbons (Fsp3) is 0.412. The van der Waals surface area contributed by atoms with Gasteiger partial charge < -0.3 is 9.84 Å². The summed E-state index contributed by atoms with van der Waals surface area (Å²) in [4.78, 5) is 3.05. The van der Waals surface area contributed by atoms with Crippen molar-refractivity contribution < 1.29 is 23.0 Å². The highest BCUT2D eigenvalue weighted by Crippen LogP contribution is 2.52. The fourth-order valence-corrected chi connectivity index (χ4v) is 2.79. The molecule has 1 fully saturated rings. The van der Waals surface area contributed by atoms with Crippen molar-refractivity contribution in [3.8, 4) is 5.75 Å². The zero-order chi connectivity index (χ0) is 19.7. The van der Waals surface area contributed by atoms with E-state index in [0.29, 0.717) is 18.4 Å². The molecule has 0 aliphatic heterocycles. The molecule has 1 aromatic heterocycles. The minimum Gasteiger partial charge on any atom is -0.429 e. The molecule has 1 aromatic carbocycles. The first kappa shape index (κ1) is 20.0. The molecule has 0 amide bonds. The summed E-state index contributed by atoms with van der Waals surface area (Å²) in [6.45, 7) is 0.119. The van der Waals surface area contributed by atoms with Crippen LogP contribution in [0.15, 0.2) is 43.0 Å². The number of aliphatic hydroxyl groups is 1. The third kappa shape index (κ3) is 4.56. The summed E-state index contributed by atoms with van der Waals surface area (Å²) in [5.41, 5.74) is -3.72. The Labute approximate surface area is 163 Å². The number of alkyl halides is 5. The minimum atomic E-state index is -4.13. The van der Waals surface area contributed by atoms with Crippen molar-refractivity contribution in [3.05, 3.63) is 48.6 Å². The van der Waals surface area contributed by atoms with Gasteiger partial charge in [-0.15, -0.1) is 11.6 Å². The van der Waals surface area contributed by atoms with E-state index in [2.05, 4.69) is 14.8 Å². The van der Waals surface area contributed by atoms with Crippen molar-refractivity contribution in [1.29, 1.82) is 0 Å². The summed E-state index contributed by atoms with van der Waals surface area (Å²) in [6, 6.07) is 5.45. The van der Waals surface area contributed by atoms with Gasteiger partial charge in [0.2, 0.25) is 0 Å². The number of halogens is 5. The van der Waals surface area contributed by atoms with Crippen molar-refractivity contribution in [2.75, 3.05) is 0 Å². The monoisotopic (exact) mass is 421 g/mol. The molecule has 0 spiro atoms. The molecule has 0 saturated heterocycles. The second-order valence-corrected chi connectivity index (χ2v) is 7.46. The third-order valence-corrected chi connectivity index (χ3v) is 5.23. The van der Waals surface area contributed by atoms with Gasteiger partial charge in [-0.2, -0.15) is 13.9 Å². The van der Waals surface area contributed by atoms with Crippen molar-refractivity contribution in [2.24, 2.45) is 0 Å². The van der Waals surface area contributed by atoms with E-state index in [1.54, 1.807) is 12.2 Å². The van der Waals surface area contributed by atoms with E-state index in [0.717, 1.165) is 0 Å². The molecule has 1 aliphatic rings. The zero-order valence-electron chi connectivity index (χ0n) is 13.9. The largest absolute Gasteiger partial charge is 0.444 e. The van der Waals surface area contributed by atoms with E-state index >= 15 is 0 Å². The number of hydrogen-bond donors (Lipinski definition) is 1. The number of hydrogen-bond acceptors (Lipinski definition) is 4. The second-order valence-electron chi connectivity index (χ2n) is 6.35. The summed E-state index contributed by atoms with van der Waals surface area (Å²) in [5.74, 6) is -0.241. The molecule has 1 N–H and O–H groups in total. The first-order valence-corrected chi connectivity index (χ1v) is 8.83. The van der Waals surface area contributed by atoms with Crippen LogP contribution < -0.4 is 4.74 Å². The number of ether oxygens (including phenoxy) is 1. The van der Waals surface area contributed by atoms with Gasteiger partial charge in [-0.3, -0.25) is 0 Å². The minimum absolute atomic E-state index is 0.119. The Morgan fingerprint density at radius 1 is 1.33 bits per heavy atom. The highest BCUT2D eigenvalue weighted by molar-refractivity contribution is 6.27. The lowest BCUT2D eigenvalue weighted by Gasteiger charge is -2.29. The van der Waals surface area contributed by atoms with Gasteiger partial charge in [-0.25, -0.2) is 14.1 Å². The Morgan fingerprint density at radius 2 is 2.00 bits per heavy atom. The summed E-state index contributed by atoms with van der Waals surface area (Å²) >= 11 is 11.2. The topological polar surface area (TPSA) is 60.2 Å². The van der Waals surface area contributed by atoms with Crippen LogP contribution in [0.1, 0.15) is 18.4 Å². The maximum atomic E-state index is 13.2. The number of benzene rings is 1. The molecule has 10 heteroatoms. The Kier molecular flexibility index (Phi) is 5.42. The molecule has 2 aromatic rings. The predicted octanol–water partition coefficient (Wildman–Crippen LogP) is 4.00. The standard InChI is InChI=1S/C17H16Cl2F3N3O2/c18-14(20)17(21,22)27-13-3-1-12(2-4-13)5-6-16(26,15(19)7-8-15)9-25-11-23-10-24-25/h1-6,10-11,14,26H,7-9H2. The molecule has 0 bridgehead atoms. The van der Waals surface area contributed by atoms with Gasteiger partial charge in [-0.1, -0.05) is 29.8 Å². The van der Waals surface area contributed by atoms with Crippen LogP contribution in [0.5, 0.6) is 5.75 Å². The van der Waals surface area contributed by atoms with Crippen LogP contribution in [-0.2, 0) is 6.54 Å². The van der Waals surface area contributed by atoms with Crippen LogP contribution in [0, 0.1) is 0 Å². The van der Waals surface area contributed by atoms with Crippen LogP contribution in [0.4, 0.5) is 13.2 Å². The van der Waals surface area contributed by atoms with Crippen LogP contribution in [-0.4, -0.2) is 42.1 Å². The van der Waals surface area contributed by atoms with Gasteiger partial charge in [0.15, 0.2) is 0 Å². The molecule has 27 heavy (non-hydrogen) atoms. The van der Waals surface area contributed by atoms with E-state index in [4.69, 9.17) is 23.2 Å². The first-order valence-electron chi connectivity index (χ1n) is 8.02. The molecule has 2 atom stereocenters. The van der Waals surface area contributed by atoms with Gasteiger partial charge in [0.1, 0.15) is 24.0 Å². The normalized spacial score (nSPS) is 19.6. The van der Waals surface area contributed by atoms with Gasteiger partial charge in [0, 0.05) is 0 Å². The molecule has 1 heterocycles. The Hall–Kier alpha value is -1.77. The second kappa shape index (κ2) is 7.33. The van der Waals surface area contributed by atoms with Crippen LogP contribution in [0.3, 0.4) is 0 Å². The molecule has 5 nitrogen and oxygen atoms in total. The predicted molar refractivity (Wildman–Crippen MR) is 94.6 cm³/mol. The average molecular weight is 422 g/mol. The highest BCUT2D eigenvalue weighted by Gasteiger charge is 2.56. The number of nitrogens with zero attached hydrogens (tertiary/aromatic N) is 3. The third-order valence-electron chi connectivity index (χ3n) is 4.27. The SMILES string of the molecule is OC(C=Cc1ccc(OC(F)(F)C(F)Cl)cc1)(Cn1cncn1)C1(Cl)CC1. The number of aromatic nitrogens is 3. The lowest BCUT2D eigenvalue weighted by atomic mass is 9.95. The average Bonchev–Trinajstić information content (AvgIpc) is 3.17. The van der Waals surface area contributed by atoms with Crippen molar-refractivity contribution in [1.82, 2.24) is 14.8 Å². The van der Waals surface area contributed by atoms with Crippen molar-refractivity contribution >= 4 is 29.3 Å². The maximum Gasteiger partial charge on any atom is 0.444 e. The summed E-state index contributed by atoms with van der Waals surface area (Å²) in [6.07, 6.45) is 3.16. The van der Waals surface area contributed by atoms with Gasteiger partial charge in [0.25, 0.3) is 5.63 Å².